The van der Waals surface area contributed by atoms with Crippen LogP contribution < -0.4 is 0 Å². The van der Waals surface area contributed by atoms with E-state index in [1.165, 1.54) is 42.5 Å². The molecule has 0 aromatic heterocycles. The van der Waals surface area contributed by atoms with Crippen molar-refractivity contribution in [1.82, 2.24) is 0 Å². The highest BCUT2D eigenvalue weighted by atomic mass is 35.5. The highest BCUT2D eigenvalue weighted by Gasteiger charge is 2.19. The molecule has 0 amide bonds. The Kier molecular flexibility index (Phi) is 5.90. The zero-order valence-electron chi connectivity index (χ0n) is 12.6. The minimum Gasteiger partial charge on any atom is -0.478 e. The molecule has 2 aromatic carbocycles. The zero-order valence-corrected chi connectivity index (χ0v) is 14.1. The summed E-state index contributed by atoms with van der Waals surface area (Å²) >= 11 is 11.9. The molecular formula is C17H11Cl2NO5. The van der Waals surface area contributed by atoms with Crippen molar-refractivity contribution in [2.45, 2.75) is 6.42 Å². The molecule has 2 rings (SSSR count). The third-order valence-corrected chi connectivity index (χ3v) is 3.94. The van der Waals surface area contributed by atoms with Gasteiger partial charge in [-0.3, -0.25) is 14.9 Å². The Morgan fingerprint density at radius 3 is 2.12 bits per heavy atom. The van der Waals surface area contributed by atoms with Crippen LogP contribution in [0.1, 0.15) is 22.3 Å². The molecular weight excluding hydrogens is 369 g/mol. The number of Topliss-reactive ketones (excluding diaryl/α,β-unsaturated/α-hetero) is 1. The topological polar surface area (TPSA) is 97.5 Å². The largest absolute Gasteiger partial charge is 0.478 e. The maximum atomic E-state index is 12.4. The second-order valence-electron chi connectivity index (χ2n) is 5.02. The Bertz CT molecular complexity index is 855. The van der Waals surface area contributed by atoms with Gasteiger partial charge in [0.25, 0.3) is 5.69 Å². The molecule has 0 atom stereocenters. The van der Waals surface area contributed by atoms with Gasteiger partial charge in [0.2, 0.25) is 0 Å². The maximum absolute atomic E-state index is 12.4. The van der Waals surface area contributed by atoms with E-state index in [2.05, 4.69) is 0 Å². The number of hydrogen-bond acceptors (Lipinski definition) is 4. The van der Waals surface area contributed by atoms with E-state index in [0.29, 0.717) is 5.56 Å². The van der Waals surface area contributed by atoms with Crippen LogP contribution in [-0.4, -0.2) is 21.8 Å². The number of carboxylic acids is 1. The summed E-state index contributed by atoms with van der Waals surface area (Å²) in [6.07, 6.45) is 0.852. The second-order valence-corrected chi connectivity index (χ2v) is 5.83. The monoisotopic (exact) mass is 379 g/mol. The van der Waals surface area contributed by atoms with E-state index in [0.717, 1.165) is 0 Å². The van der Waals surface area contributed by atoms with Gasteiger partial charge in [-0.05, 0) is 35.9 Å². The van der Waals surface area contributed by atoms with Gasteiger partial charge < -0.3 is 5.11 Å². The fourth-order valence-corrected chi connectivity index (χ4v) is 2.72. The summed E-state index contributed by atoms with van der Waals surface area (Å²) in [4.78, 5) is 33.9. The number of nitro benzene ring substituents is 1. The number of ketones is 1. The standard InChI is InChI=1S/C17H11Cl2NO5/c18-13-2-1-3-14(19)16(13)15(21)9-11(17(22)23)8-10-4-6-12(7-5-10)20(24)25/h1-8H,9H2,(H,22,23). The highest BCUT2D eigenvalue weighted by Crippen LogP contribution is 2.27. The first kappa shape index (κ1) is 18.6. The van der Waals surface area contributed by atoms with E-state index in [9.17, 15) is 24.8 Å². The average molecular weight is 380 g/mol. The van der Waals surface area contributed by atoms with Gasteiger partial charge in [-0.1, -0.05) is 29.3 Å². The van der Waals surface area contributed by atoms with Crippen LogP contribution in [0.5, 0.6) is 0 Å². The third kappa shape index (κ3) is 4.65. The van der Waals surface area contributed by atoms with E-state index >= 15 is 0 Å². The fourth-order valence-electron chi connectivity index (χ4n) is 2.11. The van der Waals surface area contributed by atoms with Crippen molar-refractivity contribution < 1.29 is 19.6 Å². The van der Waals surface area contributed by atoms with Gasteiger partial charge in [0.15, 0.2) is 5.78 Å². The highest BCUT2D eigenvalue weighted by molar-refractivity contribution is 6.40. The van der Waals surface area contributed by atoms with Crippen LogP contribution in [0.15, 0.2) is 48.0 Å². The molecule has 25 heavy (non-hydrogen) atoms. The summed E-state index contributed by atoms with van der Waals surface area (Å²) in [5.74, 6) is -1.82. The molecule has 6 nitrogen and oxygen atoms in total. The van der Waals surface area contributed by atoms with E-state index in [-0.39, 0.29) is 26.9 Å². The number of benzene rings is 2. The van der Waals surface area contributed by atoms with E-state index < -0.39 is 23.1 Å². The number of rotatable bonds is 6. The van der Waals surface area contributed by atoms with Gasteiger partial charge in [-0.15, -0.1) is 0 Å². The first-order valence-electron chi connectivity index (χ1n) is 6.95. The van der Waals surface area contributed by atoms with Crippen LogP contribution in [0.3, 0.4) is 0 Å². The molecule has 128 valence electrons. The Morgan fingerprint density at radius 1 is 1.08 bits per heavy atom. The molecule has 0 saturated heterocycles. The number of nitro groups is 1. The molecule has 0 heterocycles. The Morgan fingerprint density at radius 2 is 1.64 bits per heavy atom. The molecule has 8 heteroatoms. The lowest BCUT2D eigenvalue weighted by Gasteiger charge is -2.07. The van der Waals surface area contributed by atoms with Crippen LogP contribution in [0.25, 0.3) is 6.08 Å². The molecule has 0 unspecified atom stereocenters. The molecule has 0 fully saturated rings. The predicted molar refractivity (Wildman–Crippen MR) is 94.1 cm³/mol. The minimum absolute atomic E-state index is 0.0571. The smallest absolute Gasteiger partial charge is 0.332 e. The molecule has 0 bridgehead atoms. The van der Waals surface area contributed by atoms with Crippen LogP contribution >= 0.6 is 23.2 Å². The number of non-ortho nitro benzene ring substituents is 1. The maximum Gasteiger partial charge on any atom is 0.332 e. The van der Waals surface area contributed by atoms with Gasteiger partial charge in [-0.25, -0.2) is 4.79 Å². The third-order valence-electron chi connectivity index (χ3n) is 3.31. The first-order valence-corrected chi connectivity index (χ1v) is 7.70. The van der Waals surface area contributed by atoms with Crippen LogP contribution in [0, 0.1) is 10.1 Å². The summed E-state index contributed by atoms with van der Waals surface area (Å²) < 4.78 is 0. The van der Waals surface area contributed by atoms with Crippen molar-refractivity contribution >= 4 is 46.7 Å². The zero-order chi connectivity index (χ0) is 18.6. The Balaban J connectivity index is 2.31. The number of aliphatic carboxylic acids is 1. The minimum atomic E-state index is -1.28. The van der Waals surface area contributed by atoms with Gasteiger partial charge in [0.05, 0.1) is 20.5 Å². The quantitative estimate of drug-likeness (QED) is 0.341. The van der Waals surface area contributed by atoms with Crippen LogP contribution in [-0.2, 0) is 4.79 Å². The van der Waals surface area contributed by atoms with Crippen molar-refractivity contribution in [1.29, 1.82) is 0 Å². The molecule has 0 radical (unpaired) electrons. The second kappa shape index (κ2) is 7.92. The van der Waals surface area contributed by atoms with Crippen molar-refractivity contribution in [2.75, 3.05) is 0 Å². The van der Waals surface area contributed by atoms with Crippen molar-refractivity contribution in [3.63, 3.8) is 0 Å². The predicted octanol–water partition coefficient (Wildman–Crippen LogP) is 4.64. The lowest BCUT2D eigenvalue weighted by atomic mass is 10.0. The van der Waals surface area contributed by atoms with Crippen LogP contribution in [0.4, 0.5) is 5.69 Å². The summed E-state index contributed by atoms with van der Waals surface area (Å²) in [6, 6.07) is 9.84. The molecule has 2 aromatic rings. The lowest BCUT2D eigenvalue weighted by Crippen LogP contribution is -2.09. The number of carbonyl (C=O) groups is 2. The van der Waals surface area contributed by atoms with E-state index in [4.69, 9.17) is 23.2 Å². The molecule has 0 aliphatic rings. The summed E-state index contributed by atoms with van der Waals surface area (Å²) in [5, 5.41) is 20.2. The molecule has 0 aliphatic carbocycles. The molecule has 0 saturated carbocycles. The molecule has 1 N–H and O–H groups in total. The van der Waals surface area contributed by atoms with Gasteiger partial charge in [0, 0.05) is 24.1 Å². The number of hydrogen-bond donors (Lipinski definition) is 1. The average Bonchev–Trinajstić information content (AvgIpc) is 2.54. The van der Waals surface area contributed by atoms with Crippen molar-refractivity contribution in [2.24, 2.45) is 0 Å². The summed E-state index contributed by atoms with van der Waals surface area (Å²) in [6.45, 7) is 0. The molecule has 0 spiro atoms. The van der Waals surface area contributed by atoms with Crippen LogP contribution in [0.2, 0.25) is 10.0 Å². The van der Waals surface area contributed by atoms with Gasteiger partial charge >= 0.3 is 5.97 Å². The lowest BCUT2D eigenvalue weighted by molar-refractivity contribution is -0.384. The molecule has 0 aliphatic heterocycles. The fraction of sp³-hybridized carbons (Fsp3) is 0.0588. The number of halogens is 2. The van der Waals surface area contributed by atoms with Gasteiger partial charge in [-0.2, -0.15) is 0 Å². The normalized spacial score (nSPS) is 11.2. The Labute approximate surface area is 152 Å². The van der Waals surface area contributed by atoms with E-state index in [1.54, 1.807) is 6.07 Å². The van der Waals surface area contributed by atoms with E-state index in [1.807, 2.05) is 0 Å². The van der Waals surface area contributed by atoms with Gasteiger partial charge in [0.1, 0.15) is 0 Å². The number of carboxylic acid groups (broad SMARTS) is 1. The van der Waals surface area contributed by atoms with Crippen molar-refractivity contribution in [3.8, 4) is 0 Å². The Hall–Kier alpha value is -2.70. The first-order chi connectivity index (χ1) is 11.8. The SMILES string of the molecule is O=C(O)C(=Cc1ccc([N+](=O)[O-])cc1)CC(=O)c1c(Cl)cccc1Cl. The number of carbonyl (C=O) groups excluding carboxylic acids is 1. The number of nitrogens with zero attached hydrogens (tertiary/aromatic N) is 1. The summed E-state index contributed by atoms with van der Waals surface area (Å²) in [7, 11) is 0. The van der Waals surface area contributed by atoms with Crippen molar-refractivity contribution in [3.05, 3.63) is 79.3 Å². The summed E-state index contributed by atoms with van der Waals surface area (Å²) in [5.41, 5.74) is 0.172.